The van der Waals surface area contributed by atoms with Crippen molar-refractivity contribution in [2.45, 2.75) is 12.1 Å². The Balaban J connectivity index is 2.01. The second-order valence-electron chi connectivity index (χ2n) is 6.54. The van der Waals surface area contributed by atoms with E-state index < -0.39 is 12.1 Å². The zero-order valence-corrected chi connectivity index (χ0v) is 16.6. The molecule has 0 saturated carbocycles. The van der Waals surface area contributed by atoms with E-state index in [0.717, 1.165) is 5.56 Å². The lowest BCUT2D eigenvalue weighted by molar-refractivity contribution is -0.0811. The minimum Gasteiger partial charge on any atom is -0.504 e. The van der Waals surface area contributed by atoms with Crippen LogP contribution in [0.25, 0.3) is 0 Å². The number of phenols is 1. The molecule has 8 nitrogen and oxygen atoms in total. The smallest absolute Gasteiger partial charge is 0.254 e. The molecule has 3 rings (SSSR count). The molecule has 1 saturated heterocycles. The van der Waals surface area contributed by atoms with Crippen LogP contribution in [0.2, 0.25) is 0 Å². The van der Waals surface area contributed by atoms with E-state index in [1.54, 1.807) is 24.1 Å². The van der Waals surface area contributed by atoms with Gasteiger partial charge in [0.25, 0.3) is 5.91 Å². The molecule has 1 fully saturated rings. The number of aromatic hydroxyl groups is 1. The number of aliphatic hydroxyl groups is 1. The van der Waals surface area contributed by atoms with Crippen molar-refractivity contribution in [2.75, 3.05) is 41.1 Å². The minimum atomic E-state index is -0.593. The lowest BCUT2D eigenvalue weighted by atomic mass is 9.96. The molecule has 1 aliphatic heterocycles. The van der Waals surface area contributed by atoms with Gasteiger partial charge < -0.3 is 34.1 Å². The van der Waals surface area contributed by atoms with Crippen molar-refractivity contribution >= 4 is 5.91 Å². The van der Waals surface area contributed by atoms with Crippen LogP contribution in [0.1, 0.15) is 22.0 Å². The lowest BCUT2D eigenvalue weighted by Crippen LogP contribution is -2.49. The Morgan fingerprint density at radius 1 is 1.07 bits per heavy atom. The summed E-state index contributed by atoms with van der Waals surface area (Å²) in [6.45, 7) is 0.398. The van der Waals surface area contributed by atoms with Gasteiger partial charge in [0.1, 0.15) is 6.10 Å². The molecule has 0 unspecified atom stereocenters. The molecule has 29 heavy (non-hydrogen) atoms. The first-order valence-corrected chi connectivity index (χ1v) is 9.16. The van der Waals surface area contributed by atoms with Crippen LogP contribution in [0.5, 0.6) is 23.0 Å². The van der Waals surface area contributed by atoms with Gasteiger partial charge in [-0.25, -0.2) is 0 Å². The van der Waals surface area contributed by atoms with Crippen LogP contribution < -0.4 is 14.2 Å². The first kappa shape index (κ1) is 20.8. The number of morpholine rings is 1. The molecule has 1 heterocycles. The van der Waals surface area contributed by atoms with Crippen LogP contribution >= 0.6 is 0 Å². The number of rotatable bonds is 6. The summed E-state index contributed by atoms with van der Waals surface area (Å²) in [5, 5.41) is 19.7. The molecular weight excluding hydrogens is 378 g/mol. The van der Waals surface area contributed by atoms with Gasteiger partial charge >= 0.3 is 0 Å². The van der Waals surface area contributed by atoms with Crippen LogP contribution in [-0.2, 0) is 4.74 Å². The molecule has 0 spiro atoms. The zero-order chi connectivity index (χ0) is 21.0. The average Bonchev–Trinajstić information content (AvgIpc) is 2.77. The molecule has 0 radical (unpaired) electrons. The van der Waals surface area contributed by atoms with Crippen molar-refractivity contribution in [3.63, 3.8) is 0 Å². The Hall–Kier alpha value is -2.97. The van der Waals surface area contributed by atoms with Crippen molar-refractivity contribution in [1.82, 2.24) is 4.90 Å². The third-order valence-electron chi connectivity index (χ3n) is 4.97. The van der Waals surface area contributed by atoms with Gasteiger partial charge in [0.15, 0.2) is 23.0 Å². The van der Waals surface area contributed by atoms with Crippen molar-refractivity contribution in [2.24, 2.45) is 0 Å². The summed E-state index contributed by atoms with van der Waals surface area (Å²) in [5.41, 5.74) is 1.12. The highest BCUT2D eigenvalue weighted by Crippen LogP contribution is 2.37. The Morgan fingerprint density at radius 2 is 1.79 bits per heavy atom. The number of benzene rings is 2. The van der Waals surface area contributed by atoms with Crippen molar-refractivity contribution in [3.05, 3.63) is 47.5 Å². The fourth-order valence-corrected chi connectivity index (χ4v) is 3.52. The summed E-state index contributed by atoms with van der Waals surface area (Å²) in [7, 11) is 4.51. The average molecular weight is 403 g/mol. The second-order valence-corrected chi connectivity index (χ2v) is 6.54. The Bertz CT molecular complexity index is 870. The first-order valence-electron chi connectivity index (χ1n) is 9.16. The number of phenolic OH excluding ortho intramolecular Hbond substituents is 1. The van der Waals surface area contributed by atoms with Gasteiger partial charge in [-0.05, 0) is 35.9 Å². The van der Waals surface area contributed by atoms with Crippen LogP contribution in [-0.4, -0.2) is 68.2 Å². The van der Waals surface area contributed by atoms with Gasteiger partial charge in [-0.3, -0.25) is 4.79 Å². The Morgan fingerprint density at radius 3 is 2.45 bits per heavy atom. The number of amides is 1. The summed E-state index contributed by atoms with van der Waals surface area (Å²) >= 11 is 0. The van der Waals surface area contributed by atoms with Crippen molar-refractivity contribution in [3.8, 4) is 23.0 Å². The van der Waals surface area contributed by atoms with Gasteiger partial charge in [0.2, 0.25) is 0 Å². The van der Waals surface area contributed by atoms with E-state index in [9.17, 15) is 15.0 Å². The van der Waals surface area contributed by atoms with Crippen LogP contribution in [0.15, 0.2) is 36.4 Å². The molecule has 0 bridgehead atoms. The maximum Gasteiger partial charge on any atom is 0.254 e. The quantitative estimate of drug-likeness (QED) is 0.761. The highest BCUT2D eigenvalue weighted by Gasteiger charge is 2.37. The predicted octanol–water partition coefficient (Wildman–Crippen LogP) is 1.99. The number of hydrogen-bond donors (Lipinski definition) is 2. The summed E-state index contributed by atoms with van der Waals surface area (Å²) in [6, 6.07) is 9.27. The van der Waals surface area contributed by atoms with E-state index >= 15 is 0 Å². The van der Waals surface area contributed by atoms with Gasteiger partial charge in [0.05, 0.1) is 40.6 Å². The molecule has 2 N–H and O–H groups in total. The van der Waals surface area contributed by atoms with Crippen LogP contribution in [0.3, 0.4) is 0 Å². The third-order valence-corrected chi connectivity index (χ3v) is 4.97. The molecule has 1 aliphatic rings. The standard InChI is InChI=1S/C21H25NO7/c1-26-16-7-5-13(10-18(16)28-3)20-19(12-23)29-9-8-22(20)21(25)14-4-6-15(24)17(11-14)27-2/h4-7,10-11,19-20,23-24H,8-9,12H2,1-3H3/t19-,20-/m1/s1. The molecule has 0 aliphatic carbocycles. The van der Waals surface area contributed by atoms with Gasteiger partial charge in [-0.2, -0.15) is 0 Å². The summed E-state index contributed by atoms with van der Waals surface area (Å²) in [6.07, 6.45) is -0.593. The molecule has 156 valence electrons. The molecule has 8 heteroatoms. The number of ether oxygens (including phenoxy) is 4. The maximum atomic E-state index is 13.3. The monoisotopic (exact) mass is 403 g/mol. The molecule has 1 amide bonds. The number of carbonyl (C=O) groups excluding carboxylic acids is 1. The summed E-state index contributed by atoms with van der Waals surface area (Å²) in [5.74, 6) is 0.992. The fourth-order valence-electron chi connectivity index (χ4n) is 3.52. The van der Waals surface area contributed by atoms with Crippen molar-refractivity contribution in [1.29, 1.82) is 0 Å². The highest BCUT2D eigenvalue weighted by molar-refractivity contribution is 5.95. The summed E-state index contributed by atoms with van der Waals surface area (Å²) < 4.78 is 21.5. The number of methoxy groups -OCH3 is 3. The molecular formula is C21H25NO7. The van der Waals surface area contributed by atoms with Gasteiger partial charge in [0, 0.05) is 12.1 Å². The van der Waals surface area contributed by atoms with E-state index in [1.807, 2.05) is 6.07 Å². The third kappa shape index (κ3) is 4.08. The molecule has 2 aromatic rings. The number of aliphatic hydroxyl groups excluding tert-OH is 1. The van der Waals surface area contributed by atoms with Crippen molar-refractivity contribution < 1.29 is 34.0 Å². The van der Waals surface area contributed by atoms with Gasteiger partial charge in [-0.1, -0.05) is 6.07 Å². The van der Waals surface area contributed by atoms with E-state index in [2.05, 4.69) is 0 Å². The topological polar surface area (TPSA) is 97.7 Å². The Labute approximate surface area is 169 Å². The first-order chi connectivity index (χ1) is 14.0. The number of hydrogen-bond acceptors (Lipinski definition) is 7. The van der Waals surface area contributed by atoms with E-state index in [-0.39, 0.29) is 24.0 Å². The van der Waals surface area contributed by atoms with E-state index in [0.29, 0.717) is 30.2 Å². The predicted molar refractivity (Wildman–Crippen MR) is 105 cm³/mol. The van der Waals surface area contributed by atoms with E-state index in [1.165, 1.54) is 32.4 Å². The van der Waals surface area contributed by atoms with Gasteiger partial charge in [-0.15, -0.1) is 0 Å². The minimum absolute atomic E-state index is 0.0456. The second kappa shape index (κ2) is 9.02. The molecule has 2 aromatic carbocycles. The number of carbonyl (C=O) groups is 1. The van der Waals surface area contributed by atoms with Crippen LogP contribution in [0.4, 0.5) is 0 Å². The normalized spacial score (nSPS) is 19.0. The zero-order valence-electron chi connectivity index (χ0n) is 16.6. The van der Waals surface area contributed by atoms with Crippen LogP contribution in [0, 0.1) is 0 Å². The Kier molecular flexibility index (Phi) is 6.46. The maximum absolute atomic E-state index is 13.3. The summed E-state index contributed by atoms with van der Waals surface area (Å²) in [4.78, 5) is 14.9. The lowest BCUT2D eigenvalue weighted by Gasteiger charge is -2.41. The van der Waals surface area contributed by atoms with E-state index in [4.69, 9.17) is 18.9 Å². The molecule has 0 aromatic heterocycles. The largest absolute Gasteiger partial charge is 0.504 e. The molecule has 2 atom stereocenters. The highest BCUT2D eigenvalue weighted by atomic mass is 16.5. The fraction of sp³-hybridized carbons (Fsp3) is 0.381. The SMILES string of the molecule is COc1cc(C(=O)N2CCO[C@H](CO)[C@H]2c2ccc(OC)c(OC)c2)ccc1O. The number of nitrogens with zero attached hydrogens (tertiary/aromatic N) is 1.